The topological polar surface area (TPSA) is 0 Å². The maximum absolute atomic E-state index is 2.61. The van der Waals surface area contributed by atoms with Crippen LogP contribution >= 0.6 is 0 Å². The highest BCUT2D eigenvalue weighted by molar-refractivity contribution is 5.02. The molecule has 0 saturated heterocycles. The van der Waals surface area contributed by atoms with Crippen molar-refractivity contribution >= 4 is 0 Å². The fraction of sp³-hybridized carbons (Fsp3) is 1.00. The Bertz CT molecular complexity index is 283. The van der Waals surface area contributed by atoms with Crippen molar-refractivity contribution in [2.24, 2.45) is 41.4 Å². The maximum Gasteiger partial charge on any atom is -0.0352 e. The summed E-state index contributed by atoms with van der Waals surface area (Å²) >= 11 is 0. The minimum atomic E-state index is 1.05. The lowest BCUT2D eigenvalue weighted by atomic mass is 9.74. The molecule has 4 aliphatic carbocycles. The van der Waals surface area contributed by atoms with E-state index in [1.807, 2.05) is 0 Å². The zero-order valence-electron chi connectivity index (χ0n) is 12.1. The standard InChI is InChI=1S/C18H30/c1-12(13-5-3-2-4-6-13)16-10-17-14-7-8-15(9-14)18(17)11-16/h12-18H,2-11H2,1H3. The predicted octanol–water partition coefficient (Wildman–Crippen LogP) is 5.28. The molecule has 0 aliphatic heterocycles. The largest absolute Gasteiger partial charge is 0.0620 e. The monoisotopic (exact) mass is 246 g/mol. The van der Waals surface area contributed by atoms with Crippen LogP contribution in [0.15, 0.2) is 0 Å². The summed E-state index contributed by atoms with van der Waals surface area (Å²) in [5.74, 6) is 7.97. The highest BCUT2D eigenvalue weighted by atomic mass is 14.6. The molecule has 0 aromatic carbocycles. The van der Waals surface area contributed by atoms with Crippen molar-refractivity contribution in [3.63, 3.8) is 0 Å². The van der Waals surface area contributed by atoms with E-state index in [9.17, 15) is 0 Å². The van der Waals surface area contributed by atoms with Gasteiger partial charge < -0.3 is 0 Å². The van der Waals surface area contributed by atoms with Gasteiger partial charge in [0.25, 0.3) is 0 Å². The van der Waals surface area contributed by atoms with E-state index < -0.39 is 0 Å². The van der Waals surface area contributed by atoms with Gasteiger partial charge in [-0.3, -0.25) is 0 Å². The van der Waals surface area contributed by atoms with Crippen LogP contribution in [0.3, 0.4) is 0 Å². The van der Waals surface area contributed by atoms with Crippen molar-refractivity contribution in [3.05, 3.63) is 0 Å². The van der Waals surface area contributed by atoms with Gasteiger partial charge >= 0.3 is 0 Å². The van der Waals surface area contributed by atoms with Crippen LogP contribution in [-0.2, 0) is 0 Å². The molecule has 0 N–H and O–H groups in total. The van der Waals surface area contributed by atoms with Crippen LogP contribution < -0.4 is 0 Å². The van der Waals surface area contributed by atoms with Crippen LogP contribution in [0.2, 0.25) is 0 Å². The van der Waals surface area contributed by atoms with Crippen molar-refractivity contribution in [1.29, 1.82) is 0 Å². The zero-order chi connectivity index (χ0) is 12.1. The predicted molar refractivity (Wildman–Crippen MR) is 76.3 cm³/mol. The van der Waals surface area contributed by atoms with Crippen molar-refractivity contribution in [2.45, 2.75) is 71.1 Å². The third kappa shape index (κ3) is 1.78. The maximum atomic E-state index is 2.61. The molecule has 0 amide bonds. The Morgan fingerprint density at radius 2 is 1.28 bits per heavy atom. The van der Waals surface area contributed by atoms with E-state index in [4.69, 9.17) is 0 Å². The Labute approximate surface area is 113 Å². The van der Waals surface area contributed by atoms with Crippen molar-refractivity contribution in [2.75, 3.05) is 0 Å². The lowest BCUT2D eigenvalue weighted by molar-refractivity contribution is 0.186. The number of hydrogen-bond acceptors (Lipinski definition) is 0. The molecule has 5 atom stereocenters. The first-order valence-electron chi connectivity index (χ1n) is 8.83. The molecule has 5 unspecified atom stereocenters. The Kier molecular flexibility index (Phi) is 2.97. The number of hydrogen-bond donors (Lipinski definition) is 0. The van der Waals surface area contributed by atoms with Gasteiger partial charge in [-0.25, -0.2) is 0 Å². The SMILES string of the molecule is CC(C1CCCCC1)C1CC2C3CCC(C3)C2C1. The molecule has 4 aliphatic rings. The Balaban J connectivity index is 1.41. The summed E-state index contributed by atoms with van der Waals surface area (Å²) in [6.07, 6.45) is 15.8. The summed E-state index contributed by atoms with van der Waals surface area (Å²) in [6.45, 7) is 2.61. The van der Waals surface area contributed by atoms with E-state index >= 15 is 0 Å². The summed E-state index contributed by atoms with van der Waals surface area (Å²) < 4.78 is 0. The van der Waals surface area contributed by atoms with Crippen molar-refractivity contribution < 1.29 is 0 Å². The Hall–Kier alpha value is 0. The lowest BCUT2D eigenvalue weighted by Crippen LogP contribution is -2.22. The Morgan fingerprint density at radius 3 is 1.89 bits per heavy atom. The molecule has 4 saturated carbocycles. The van der Waals surface area contributed by atoms with Gasteiger partial charge in [0.05, 0.1) is 0 Å². The fourth-order valence-electron chi connectivity index (χ4n) is 6.53. The van der Waals surface area contributed by atoms with E-state index in [1.54, 1.807) is 44.9 Å². The first kappa shape index (κ1) is 11.8. The molecule has 2 bridgehead atoms. The molecule has 0 aromatic rings. The molecule has 18 heavy (non-hydrogen) atoms. The first-order valence-corrected chi connectivity index (χ1v) is 8.83. The summed E-state index contributed by atoms with van der Waals surface area (Å²) in [5.41, 5.74) is 0. The minimum absolute atomic E-state index is 1.05. The van der Waals surface area contributed by atoms with Crippen molar-refractivity contribution in [3.8, 4) is 0 Å². The zero-order valence-corrected chi connectivity index (χ0v) is 12.1. The second kappa shape index (κ2) is 4.53. The smallest absolute Gasteiger partial charge is 0.0352 e. The average Bonchev–Trinajstić information content (AvgIpc) is 3.10. The minimum Gasteiger partial charge on any atom is -0.0620 e. The van der Waals surface area contributed by atoms with Gasteiger partial charge in [0.1, 0.15) is 0 Å². The molecule has 0 radical (unpaired) electrons. The molecule has 0 heteroatoms. The third-order valence-corrected chi connectivity index (χ3v) is 7.56. The molecular formula is C18H30. The molecule has 0 aromatic heterocycles. The highest BCUT2D eigenvalue weighted by Crippen LogP contribution is 2.61. The van der Waals surface area contributed by atoms with Crippen LogP contribution in [0.25, 0.3) is 0 Å². The molecular weight excluding hydrogens is 216 g/mol. The lowest BCUT2D eigenvalue weighted by Gasteiger charge is -2.32. The number of fused-ring (bicyclic) bond motifs is 5. The average molecular weight is 246 g/mol. The van der Waals surface area contributed by atoms with Crippen LogP contribution in [-0.4, -0.2) is 0 Å². The number of rotatable bonds is 2. The van der Waals surface area contributed by atoms with Gasteiger partial charge in [-0.15, -0.1) is 0 Å². The molecule has 0 heterocycles. The molecule has 4 rings (SSSR count). The van der Waals surface area contributed by atoms with Crippen LogP contribution in [0, 0.1) is 41.4 Å². The van der Waals surface area contributed by atoms with Crippen LogP contribution in [0.1, 0.15) is 71.1 Å². The van der Waals surface area contributed by atoms with E-state index in [0.29, 0.717) is 0 Å². The molecule has 0 nitrogen and oxygen atoms in total. The highest BCUT2D eigenvalue weighted by Gasteiger charge is 2.52. The van der Waals surface area contributed by atoms with E-state index in [2.05, 4.69) is 6.92 Å². The third-order valence-electron chi connectivity index (χ3n) is 7.56. The van der Waals surface area contributed by atoms with E-state index in [1.165, 1.54) is 42.9 Å². The van der Waals surface area contributed by atoms with Crippen LogP contribution in [0.4, 0.5) is 0 Å². The van der Waals surface area contributed by atoms with Gasteiger partial charge in [-0.2, -0.15) is 0 Å². The molecule has 102 valence electrons. The first-order chi connectivity index (χ1) is 8.83. The van der Waals surface area contributed by atoms with Gasteiger partial charge in [0.2, 0.25) is 0 Å². The van der Waals surface area contributed by atoms with Crippen molar-refractivity contribution in [1.82, 2.24) is 0 Å². The van der Waals surface area contributed by atoms with E-state index in [-0.39, 0.29) is 0 Å². The fourth-order valence-corrected chi connectivity index (χ4v) is 6.53. The van der Waals surface area contributed by atoms with Crippen LogP contribution in [0.5, 0.6) is 0 Å². The summed E-state index contributed by atoms with van der Waals surface area (Å²) in [4.78, 5) is 0. The quantitative estimate of drug-likeness (QED) is 0.622. The van der Waals surface area contributed by atoms with Gasteiger partial charge in [0, 0.05) is 0 Å². The van der Waals surface area contributed by atoms with Gasteiger partial charge in [-0.1, -0.05) is 39.0 Å². The second-order valence-electron chi connectivity index (χ2n) is 8.15. The molecule has 0 spiro atoms. The molecule has 4 fully saturated rings. The van der Waals surface area contributed by atoms with Gasteiger partial charge in [-0.05, 0) is 73.5 Å². The summed E-state index contributed by atoms with van der Waals surface area (Å²) in [7, 11) is 0. The van der Waals surface area contributed by atoms with E-state index in [0.717, 1.165) is 17.8 Å². The second-order valence-corrected chi connectivity index (χ2v) is 8.15. The summed E-state index contributed by atoms with van der Waals surface area (Å²) in [6, 6.07) is 0. The summed E-state index contributed by atoms with van der Waals surface area (Å²) in [5, 5.41) is 0. The Morgan fingerprint density at radius 1 is 0.667 bits per heavy atom. The van der Waals surface area contributed by atoms with Gasteiger partial charge in [0.15, 0.2) is 0 Å². The normalized spacial score (nSPS) is 49.5.